The minimum absolute atomic E-state index is 0. The van der Waals surface area contributed by atoms with Gasteiger partial charge in [0.15, 0.2) is 0 Å². The molecule has 0 saturated carbocycles. The van der Waals surface area contributed by atoms with Gasteiger partial charge in [-0.15, -0.1) is 42.7 Å². The molecule has 0 radical (unpaired) electrons. The Morgan fingerprint density at radius 2 is 1.12 bits per heavy atom. The molecule has 3 aromatic heterocycles. The van der Waals surface area contributed by atoms with Crippen molar-refractivity contribution in [2.24, 2.45) is 0 Å². The first-order chi connectivity index (χ1) is 31.8. The zero-order valence-electron chi connectivity index (χ0n) is 37.1. The number of aromatic nitrogens is 3. The van der Waals surface area contributed by atoms with E-state index in [2.05, 4.69) is 259 Å². The summed E-state index contributed by atoms with van der Waals surface area (Å²) in [5.41, 5.74) is 17.4. The Morgan fingerprint density at radius 1 is 0.530 bits per heavy atom. The molecule has 0 N–H and O–H groups in total. The third-order valence-electron chi connectivity index (χ3n) is 12.9. The molecule has 11 aromatic rings. The average Bonchev–Trinajstić information content (AvgIpc) is 4.03. The molecule has 7 heteroatoms. The van der Waals surface area contributed by atoms with Crippen molar-refractivity contribution >= 4 is 67.0 Å². The third-order valence-corrected chi connectivity index (χ3v) is 12.9. The summed E-state index contributed by atoms with van der Waals surface area (Å²) in [5.74, 6) is 0.885. The minimum atomic E-state index is -0.0380. The molecule has 4 heterocycles. The van der Waals surface area contributed by atoms with E-state index in [4.69, 9.17) is 4.98 Å². The number of benzene rings is 8. The second-order valence-electron chi connectivity index (χ2n) is 17.9. The predicted molar refractivity (Wildman–Crippen MR) is 270 cm³/mol. The van der Waals surface area contributed by atoms with Gasteiger partial charge < -0.3 is 23.8 Å². The van der Waals surface area contributed by atoms with Gasteiger partial charge in [0.25, 0.3) is 0 Å². The van der Waals surface area contributed by atoms with Gasteiger partial charge in [0.1, 0.15) is 5.82 Å². The van der Waals surface area contributed by atoms with Crippen LogP contribution in [0.1, 0.15) is 26.3 Å². The number of rotatable bonds is 8. The van der Waals surface area contributed by atoms with Crippen molar-refractivity contribution < 1.29 is 21.1 Å². The first-order valence-corrected chi connectivity index (χ1v) is 22.2. The van der Waals surface area contributed by atoms with Gasteiger partial charge in [0, 0.05) is 79.2 Å². The number of para-hydroxylation sites is 4. The molecule has 0 bridgehead atoms. The SMILES string of the molecule is CN(c1[c-]c(N2[CH-]N(c3c(-c4ccccc4)cccc3-c3ccccc3)c3ccccc32)ccc1)c1[c-]c2c3c4c(cccc4n(-c4ccccc4)c3c1)n2-c1cc(C(C)(C)C)ccn1.[Pt]. The monoisotopic (exact) mass is 1030 g/mol. The third kappa shape index (κ3) is 6.70. The Kier molecular flexibility index (Phi) is 10.2. The van der Waals surface area contributed by atoms with E-state index in [-0.39, 0.29) is 26.5 Å². The fraction of sp³-hybridized carbons (Fsp3) is 0.0847. The summed E-state index contributed by atoms with van der Waals surface area (Å²) in [6, 6.07) is 74.7. The van der Waals surface area contributed by atoms with Crippen molar-refractivity contribution in [2.45, 2.75) is 26.2 Å². The van der Waals surface area contributed by atoms with Crippen LogP contribution in [0.2, 0.25) is 0 Å². The van der Waals surface area contributed by atoms with Crippen molar-refractivity contribution in [1.82, 2.24) is 14.1 Å². The van der Waals surface area contributed by atoms with Crippen LogP contribution >= 0.6 is 0 Å². The summed E-state index contributed by atoms with van der Waals surface area (Å²) in [4.78, 5) is 11.8. The summed E-state index contributed by atoms with van der Waals surface area (Å²) < 4.78 is 4.69. The van der Waals surface area contributed by atoms with Gasteiger partial charge in [0.05, 0.1) is 0 Å². The van der Waals surface area contributed by atoms with Gasteiger partial charge >= 0.3 is 0 Å². The van der Waals surface area contributed by atoms with Crippen LogP contribution in [0, 0.1) is 18.8 Å². The summed E-state index contributed by atoms with van der Waals surface area (Å²) in [6.45, 7) is 8.97. The maximum atomic E-state index is 5.00. The van der Waals surface area contributed by atoms with E-state index in [1.165, 1.54) is 16.3 Å². The van der Waals surface area contributed by atoms with Crippen LogP contribution < -0.4 is 14.7 Å². The average molecular weight is 1030 g/mol. The van der Waals surface area contributed by atoms with E-state index in [0.29, 0.717) is 0 Å². The molecule has 6 nitrogen and oxygen atoms in total. The van der Waals surface area contributed by atoms with Gasteiger partial charge in [-0.05, 0) is 76.0 Å². The number of hydrogen-bond donors (Lipinski definition) is 0. The molecule has 0 spiro atoms. The van der Waals surface area contributed by atoms with E-state index in [1.54, 1.807) is 0 Å². The van der Waals surface area contributed by atoms with Crippen molar-refractivity contribution in [3.63, 3.8) is 0 Å². The molecule has 0 saturated heterocycles. The fourth-order valence-electron chi connectivity index (χ4n) is 9.72. The molecule has 8 aromatic carbocycles. The second-order valence-corrected chi connectivity index (χ2v) is 17.9. The Morgan fingerprint density at radius 3 is 1.79 bits per heavy atom. The van der Waals surface area contributed by atoms with Crippen LogP contribution in [-0.2, 0) is 26.5 Å². The Bertz CT molecular complexity index is 3480. The second kappa shape index (κ2) is 16.2. The van der Waals surface area contributed by atoms with Crippen LogP contribution in [0.3, 0.4) is 0 Å². The van der Waals surface area contributed by atoms with Crippen molar-refractivity contribution in [3.8, 4) is 33.8 Å². The predicted octanol–water partition coefficient (Wildman–Crippen LogP) is 15.0. The Labute approximate surface area is 400 Å². The van der Waals surface area contributed by atoms with Crippen molar-refractivity contribution in [3.05, 3.63) is 219 Å². The van der Waals surface area contributed by atoms with E-state index >= 15 is 0 Å². The topological polar surface area (TPSA) is 32.5 Å². The molecule has 324 valence electrons. The summed E-state index contributed by atoms with van der Waals surface area (Å²) >= 11 is 0. The van der Waals surface area contributed by atoms with Crippen LogP contribution in [-0.4, -0.2) is 21.2 Å². The Balaban J connectivity index is 0.00000481. The fourth-order valence-corrected chi connectivity index (χ4v) is 9.72. The number of hydrogen-bond acceptors (Lipinski definition) is 4. The van der Waals surface area contributed by atoms with Gasteiger partial charge in [-0.1, -0.05) is 164 Å². The summed E-state index contributed by atoms with van der Waals surface area (Å²) in [5, 5.41) is 2.38. The van der Waals surface area contributed by atoms with E-state index in [0.717, 1.165) is 90.0 Å². The molecule has 0 fully saturated rings. The van der Waals surface area contributed by atoms with E-state index in [9.17, 15) is 0 Å². The molecule has 0 unspecified atom stereocenters. The molecule has 12 rings (SSSR count). The Hall–Kier alpha value is -7.40. The van der Waals surface area contributed by atoms with E-state index in [1.807, 2.05) is 6.20 Å². The first kappa shape index (κ1) is 41.3. The van der Waals surface area contributed by atoms with Gasteiger partial charge in [-0.3, -0.25) is 0 Å². The van der Waals surface area contributed by atoms with Crippen LogP contribution in [0.4, 0.5) is 34.1 Å². The van der Waals surface area contributed by atoms with Crippen molar-refractivity contribution in [2.75, 3.05) is 21.7 Å². The molecule has 0 aliphatic carbocycles. The van der Waals surface area contributed by atoms with Gasteiger partial charge in [-0.2, -0.15) is 6.07 Å². The molecule has 1 aliphatic heterocycles. The van der Waals surface area contributed by atoms with Gasteiger partial charge in [0.2, 0.25) is 0 Å². The summed E-state index contributed by atoms with van der Waals surface area (Å²) in [7, 11) is 2.12. The summed E-state index contributed by atoms with van der Waals surface area (Å²) in [6.07, 6.45) is 1.94. The zero-order valence-corrected chi connectivity index (χ0v) is 39.3. The maximum Gasteiger partial charge on any atom is 0.135 e. The largest absolute Gasteiger partial charge is 0.493 e. The number of nitrogens with zero attached hydrogens (tertiary/aromatic N) is 6. The van der Waals surface area contributed by atoms with Crippen LogP contribution in [0.5, 0.6) is 0 Å². The number of fused-ring (bicyclic) bond motifs is 1. The van der Waals surface area contributed by atoms with Crippen molar-refractivity contribution in [1.29, 1.82) is 0 Å². The maximum absolute atomic E-state index is 5.00. The quantitative estimate of drug-likeness (QED) is 0.142. The van der Waals surface area contributed by atoms with Crippen LogP contribution in [0.15, 0.2) is 194 Å². The molecule has 66 heavy (non-hydrogen) atoms. The minimum Gasteiger partial charge on any atom is -0.493 e. The number of anilines is 6. The first-order valence-electron chi connectivity index (χ1n) is 22.2. The zero-order chi connectivity index (χ0) is 43.8. The molecule has 1 aliphatic rings. The molecule has 0 atom stereocenters. The van der Waals surface area contributed by atoms with Gasteiger partial charge in [-0.25, -0.2) is 4.98 Å². The van der Waals surface area contributed by atoms with E-state index < -0.39 is 0 Å². The standard InChI is InChI=1S/C59H45N6.Pt/c1-59(2,3)42-33-34-60-55(35-42)65-52-32-18-31-51-56(52)57-53(64(51)43-23-12-7-13-24-43)37-46(38-54(57)65)61(4)44-25-16-26-45(36-44)62-39-63(50-30-15-14-29-49(50)62)58-47(40-19-8-5-9-20-40)27-17-28-48(58)41-21-10-6-11-22-41;/h5-35,37,39H,1-4H3;/q-3;. The number of pyridine rings is 1. The molecule has 0 amide bonds. The van der Waals surface area contributed by atoms with Crippen LogP contribution in [0.25, 0.3) is 66.6 Å². The normalized spacial score (nSPS) is 12.6. The molecular weight excluding hydrogens is 988 g/mol. The molecular formula is C59H45N6Pt-3. The smallest absolute Gasteiger partial charge is 0.135 e.